The van der Waals surface area contributed by atoms with Gasteiger partial charge in [-0.15, -0.1) is 12.4 Å². The maximum absolute atomic E-state index is 10.6. The summed E-state index contributed by atoms with van der Waals surface area (Å²) in [5, 5.41) is 0. The van der Waals surface area contributed by atoms with E-state index in [1.807, 2.05) is 0 Å². The molecule has 6 heteroatoms. The van der Waals surface area contributed by atoms with Crippen LogP contribution < -0.4 is 5.69 Å². The van der Waals surface area contributed by atoms with E-state index in [4.69, 9.17) is 0 Å². The van der Waals surface area contributed by atoms with Crippen LogP contribution in [0.5, 0.6) is 0 Å². The fourth-order valence-corrected chi connectivity index (χ4v) is 0.767. The first-order valence-corrected chi connectivity index (χ1v) is 2.75. The Morgan fingerprint density at radius 3 is 2.00 bits per heavy atom. The number of H-pyrrole nitrogens is 2. The Bertz CT molecular complexity index is 370. The fraction of sp³-hybridized carbons (Fsp3) is 0. The van der Waals surface area contributed by atoms with Crippen molar-refractivity contribution in [3.05, 3.63) is 22.9 Å². The minimum Gasteiger partial charge on any atom is -0.289 e. The maximum Gasteiger partial charge on any atom is 0.326 e. The van der Waals surface area contributed by atoms with Gasteiger partial charge in [0.1, 0.15) is 0 Å². The first-order chi connectivity index (χ1) is 4.86. The summed E-state index contributed by atoms with van der Waals surface area (Å²) in [5.41, 5.74) is 0.709. The normalized spacial score (nSPS) is 9.45. The molecule has 11 heavy (non-hydrogen) atoms. The molecule has 0 saturated heterocycles. The number of nitrogens with zero attached hydrogens (tertiary/aromatic N) is 2. The molecular formula is C5H5ClN4O. The lowest BCUT2D eigenvalue weighted by Gasteiger charge is -1.80. The van der Waals surface area contributed by atoms with E-state index in [2.05, 4.69) is 19.9 Å². The van der Waals surface area contributed by atoms with Crippen LogP contribution in [0, 0.1) is 0 Å². The number of hydrogen-bond acceptors (Lipinski definition) is 3. The van der Waals surface area contributed by atoms with E-state index in [9.17, 15) is 4.79 Å². The molecule has 2 rings (SSSR count). The third-order valence-electron chi connectivity index (χ3n) is 1.16. The van der Waals surface area contributed by atoms with Crippen LogP contribution in [-0.2, 0) is 0 Å². The van der Waals surface area contributed by atoms with Gasteiger partial charge in [-0.05, 0) is 0 Å². The fourth-order valence-electron chi connectivity index (χ4n) is 0.767. The monoisotopic (exact) mass is 172 g/mol. The van der Waals surface area contributed by atoms with Crippen molar-refractivity contribution in [3.63, 3.8) is 0 Å². The van der Waals surface area contributed by atoms with Crippen molar-refractivity contribution in [2.45, 2.75) is 0 Å². The number of hydrogen-bond donors (Lipinski definition) is 2. The van der Waals surface area contributed by atoms with Gasteiger partial charge >= 0.3 is 5.69 Å². The number of rotatable bonds is 0. The number of halogens is 1. The molecule has 0 radical (unpaired) electrons. The molecule has 0 aliphatic carbocycles. The van der Waals surface area contributed by atoms with Gasteiger partial charge in [-0.25, -0.2) is 14.8 Å². The highest BCUT2D eigenvalue weighted by molar-refractivity contribution is 5.85. The van der Waals surface area contributed by atoms with Gasteiger partial charge in [-0.3, -0.25) is 9.97 Å². The van der Waals surface area contributed by atoms with Crippen molar-refractivity contribution in [3.8, 4) is 0 Å². The van der Waals surface area contributed by atoms with Crippen molar-refractivity contribution in [2.24, 2.45) is 0 Å². The number of aromatic amines is 2. The second-order valence-corrected chi connectivity index (χ2v) is 1.83. The quantitative estimate of drug-likeness (QED) is 0.591. The zero-order valence-electron chi connectivity index (χ0n) is 5.37. The highest BCUT2D eigenvalue weighted by Crippen LogP contribution is 1.93. The Morgan fingerprint density at radius 1 is 1.09 bits per heavy atom. The predicted molar refractivity (Wildman–Crippen MR) is 41.8 cm³/mol. The summed E-state index contributed by atoms with van der Waals surface area (Å²) in [6.45, 7) is 0. The Kier molecular flexibility index (Phi) is 1.91. The zero-order valence-corrected chi connectivity index (χ0v) is 6.18. The lowest BCUT2D eigenvalue weighted by molar-refractivity contribution is 1.20. The van der Waals surface area contributed by atoms with Gasteiger partial charge in [0.2, 0.25) is 0 Å². The predicted octanol–water partition coefficient (Wildman–Crippen LogP) is 0.0680. The van der Waals surface area contributed by atoms with E-state index in [-0.39, 0.29) is 18.1 Å². The highest BCUT2D eigenvalue weighted by atomic mass is 35.5. The summed E-state index contributed by atoms with van der Waals surface area (Å²) in [7, 11) is 0. The molecule has 5 nitrogen and oxygen atoms in total. The summed E-state index contributed by atoms with van der Waals surface area (Å²) >= 11 is 0. The largest absolute Gasteiger partial charge is 0.326 e. The molecule has 2 N–H and O–H groups in total. The number of fused-ring (bicyclic) bond motifs is 1. The maximum atomic E-state index is 10.6. The third-order valence-corrected chi connectivity index (χ3v) is 1.16. The van der Waals surface area contributed by atoms with Crippen molar-refractivity contribution in [1.82, 2.24) is 19.9 Å². The number of nitrogens with one attached hydrogen (secondary N) is 2. The van der Waals surface area contributed by atoms with E-state index in [0.717, 1.165) is 0 Å². The van der Waals surface area contributed by atoms with E-state index < -0.39 is 0 Å². The molecule has 0 fully saturated rings. The molecule has 2 aromatic heterocycles. The molecule has 58 valence electrons. The standard InChI is InChI=1S/C5H4N4O.ClH/c10-5-8-3-4(9-5)7-2-1-6-3;/h1-2H,(H2,6,7,8,9,10);1H. The van der Waals surface area contributed by atoms with Crippen molar-refractivity contribution >= 4 is 23.7 Å². The van der Waals surface area contributed by atoms with Crippen LogP contribution in [0.25, 0.3) is 11.3 Å². The van der Waals surface area contributed by atoms with Gasteiger partial charge in [0, 0.05) is 12.4 Å². The van der Waals surface area contributed by atoms with Crippen LogP contribution in [-0.4, -0.2) is 19.9 Å². The second kappa shape index (κ2) is 2.71. The van der Waals surface area contributed by atoms with Crippen molar-refractivity contribution in [1.29, 1.82) is 0 Å². The second-order valence-electron chi connectivity index (χ2n) is 1.83. The van der Waals surface area contributed by atoms with Gasteiger partial charge in [0.15, 0.2) is 11.3 Å². The number of aromatic nitrogens is 4. The molecule has 0 aromatic carbocycles. The van der Waals surface area contributed by atoms with Crippen molar-refractivity contribution < 1.29 is 0 Å². The average molecular weight is 173 g/mol. The highest BCUT2D eigenvalue weighted by Gasteiger charge is 1.95. The minimum atomic E-state index is -0.277. The average Bonchev–Trinajstić information content (AvgIpc) is 2.27. The smallest absolute Gasteiger partial charge is 0.289 e. The zero-order chi connectivity index (χ0) is 6.97. The molecule has 0 aliphatic rings. The Hall–Kier alpha value is -1.36. The summed E-state index contributed by atoms with van der Waals surface area (Å²) < 4.78 is 0. The molecule has 0 spiro atoms. The van der Waals surface area contributed by atoms with Gasteiger partial charge < -0.3 is 0 Å². The Balaban J connectivity index is 0.000000605. The van der Waals surface area contributed by atoms with Crippen LogP contribution >= 0.6 is 12.4 Å². The molecule has 0 atom stereocenters. The van der Waals surface area contributed by atoms with Crippen LogP contribution in [0.3, 0.4) is 0 Å². The minimum absolute atomic E-state index is 0. The summed E-state index contributed by atoms with van der Waals surface area (Å²) in [6.07, 6.45) is 3.04. The SMILES string of the molecule is Cl.O=c1[nH]c2nccnc2[nH]1. The van der Waals surface area contributed by atoms with Crippen LogP contribution in [0.4, 0.5) is 0 Å². The van der Waals surface area contributed by atoms with Gasteiger partial charge in [0.05, 0.1) is 0 Å². The Morgan fingerprint density at radius 2 is 1.55 bits per heavy atom. The molecule has 0 saturated carbocycles. The first kappa shape index (κ1) is 7.74. The topological polar surface area (TPSA) is 74.4 Å². The summed E-state index contributed by atoms with van der Waals surface area (Å²) in [4.78, 5) is 23.3. The number of imidazole rings is 1. The van der Waals surface area contributed by atoms with E-state index in [0.29, 0.717) is 11.3 Å². The van der Waals surface area contributed by atoms with E-state index in [1.54, 1.807) is 0 Å². The molecule has 0 bridgehead atoms. The van der Waals surface area contributed by atoms with Gasteiger partial charge in [-0.1, -0.05) is 0 Å². The van der Waals surface area contributed by atoms with Crippen molar-refractivity contribution in [2.75, 3.05) is 0 Å². The Labute approximate surface area is 67.3 Å². The molecular weight excluding hydrogens is 168 g/mol. The molecule has 0 aliphatic heterocycles. The van der Waals surface area contributed by atoms with E-state index >= 15 is 0 Å². The molecule has 2 heterocycles. The first-order valence-electron chi connectivity index (χ1n) is 2.75. The molecule has 0 unspecified atom stereocenters. The van der Waals surface area contributed by atoms with Gasteiger partial charge in [-0.2, -0.15) is 0 Å². The van der Waals surface area contributed by atoms with E-state index in [1.165, 1.54) is 12.4 Å². The van der Waals surface area contributed by atoms with Crippen LogP contribution in [0.15, 0.2) is 17.2 Å². The van der Waals surface area contributed by atoms with Gasteiger partial charge in [0.25, 0.3) is 0 Å². The summed E-state index contributed by atoms with van der Waals surface area (Å²) in [5.74, 6) is 0. The van der Waals surface area contributed by atoms with Crippen LogP contribution in [0.2, 0.25) is 0 Å². The third kappa shape index (κ3) is 1.22. The lowest BCUT2D eigenvalue weighted by Crippen LogP contribution is -1.99. The molecule has 0 amide bonds. The summed E-state index contributed by atoms with van der Waals surface area (Å²) in [6, 6.07) is 0. The molecule has 2 aromatic rings. The lowest BCUT2D eigenvalue weighted by atomic mass is 10.7. The van der Waals surface area contributed by atoms with Crippen LogP contribution in [0.1, 0.15) is 0 Å².